The minimum Gasteiger partial charge on any atom is -0.508 e. The smallest absolute Gasteiger partial charge is 0.257 e. The predicted octanol–water partition coefficient (Wildman–Crippen LogP) is 2.72. The van der Waals surface area contributed by atoms with Crippen molar-refractivity contribution in [2.24, 2.45) is 0 Å². The Hall–Kier alpha value is -1.88. The van der Waals surface area contributed by atoms with Crippen LogP contribution in [0.15, 0.2) is 23.6 Å². The third-order valence-corrected chi connectivity index (χ3v) is 3.17. The molecule has 2 N–H and O–H groups in total. The van der Waals surface area contributed by atoms with Crippen LogP contribution < -0.4 is 5.32 Å². The molecule has 0 bridgehead atoms. The molecular formula is C12H12N2O2S. The SMILES string of the molecule is Cc1csc(NC(=O)c2ccc(O)cc2C)n1. The van der Waals surface area contributed by atoms with E-state index >= 15 is 0 Å². The van der Waals surface area contributed by atoms with E-state index in [-0.39, 0.29) is 11.7 Å². The van der Waals surface area contributed by atoms with Crippen LogP contribution in [0.5, 0.6) is 5.75 Å². The number of thiazole rings is 1. The normalized spacial score (nSPS) is 10.2. The number of anilines is 1. The minimum absolute atomic E-state index is 0.157. The van der Waals surface area contributed by atoms with Crippen LogP contribution in [-0.2, 0) is 0 Å². The van der Waals surface area contributed by atoms with Gasteiger partial charge in [-0.05, 0) is 37.6 Å². The van der Waals surface area contributed by atoms with Gasteiger partial charge in [0.15, 0.2) is 5.13 Å². The molecule has 2 aromatic rings. The molecule has 1 aromatic carbocycles. The van der Waals surface area contributed by atoms with Crippen molar-refractivity contribution in [2.45, 2.75) is 13.8 Å². The molecule has 1 amide bonds. The number of hydrogen-bond acceptors (Lipinski definition) is 4. The monoisotopic (exact) mass is 248 g/mol. The van der Waals surface area contributed by atoms with Gasteiger partial charge in [-0.1, -0.05) is 0 Å². The number of hydrogen-bond donors (Lipinski definition) is 2. The Bertz CT molecular complexity index is 563. The lowest BCUT2D eigenvalue weighted by atomic mass is 10.1. The van der Waals surface area contributed by atoms with Crippen LogP contribution in [0.2, 0.25) is 0 Å². The van der Waals surface area contributed by atoms with Gasteiger partial charge >= 0.3 is 0 Å². The van der Waals surface area contributed by atoms with Gasteiger partial charge in [-0.2, -0.15) is 0 Å². The number of nitrogens with one attached hydrogen (secondary N) is 1. The van der Waals surface area contributed by atoms with E-state index in [9.17, 15) is 9.90 Å². The molecule has 1 aromatic heterocycles. The van der Waals surface area contributed by atoms with E-state index in [1.54, 1.807) is 19.1 Å². The zero-order valence-corrected chi connectivity index (χ0v) is 10.3. The fourth-order valence-corrected chi connectivity index (χ4v) is 2.16. The highest BCUT2D eigenvalue weighted by atomic mass is 32.1. The highest BCUT2D eigenvalue weighted by Gasteiger charge is 2.11. The number of carbonyl (C=O) groups excluding carboxylic acids is 1. The Labute approximate surface area is 103 Å². The Balaban J connectivity index is 2.20. The third kappa shape index (κ3) is 2.62. The van der Waals surface area contributed by atoms with Gasteiger partial charge in [0, 0.05) is 10.9 Å². The first-order chi connectivity index (χ1) is 8.06. The second kappa shape index (κ2) is 4.55. The molecule has 0 saturated heterocycles. The summed E-state index contributed by atoms with van der Waals surface area (Å²) in [6.45, 7) is 3.65. The van der Waals surface area contributed by atoms with E-state index in [1.165, 1.54) is 17.4 Å². The van der Waals surface area contributed by atoms with Crippen LogP contribution in [0, 0.1) is 13.8 Å². The highest BCUT2D eigenvalue weighted by Crippen LogP contribution is 2.19. The van der Waals surface area contributed by atoms with E-state index in [0.717, 1.165) is 11.3 Å². The molecule has 4 nitrogen and oxygen atoms in total. The highest BCUT2D eigenvalue weighted by molar-refractivity contribution is 7.13. The number of aromatic nitrogens is 1. The molecule has 0 unspecified atom stereocenters. The standard InChI is InChI=1S/C12H12N2O2S/c1-7-5-9(15)3-4-10(7)11(16)14-12-13-8(2)6-17-12/h3-6,15H,1-2H3,(H,13,14,16). The molecule has 88 valence electrons. The average molecular weight is 248 g/mol. The summed E-state index contributed by atoms with van der Waals surface area (Å²) in [6, 6.07) is 4.65. The van der Waals surface area contributed by atoms with Gasteiger partial charge in [-0.15, -0.1) is 11.3 Å². The number of phenolic OH excluding ortho intramolecular Hbond substituents is 1. The lowest BCUT2D eigenvalue weighted by Crippen LogP contribution is -2.13. The Morgan fingerprint density at radius 1 is 1.41 bits per heavy atom. The molecule has 0 saturated carbocycles. The molecule has 17 heavy (non-hydrogen) atoms. The average Bonchev–Trinajstić information content (AvgIpc) is 2.63. The number of carbonyl (C=O) groups is 1. The lowest BCUT2D eigenvalue weighted by molar-refractivity contribution is 0.102. The van der Waals surface area contributed by atoms with Crippen molar-refractivity contribution in [3.63, 3.8) is 0 Å². The summed E-state index contributed by atoms with van der Waals surface area (Å²) in [6.07, 6.45) is 0. The zero-order valence-electron chi connectivity index (χ0n) is 9.52. The van der Waals surface area contributed by atoms with Gasteiger partial charge in [-0.25, -0.2) is 4.98 Å². The molecule has 2 rings (SSSR count). The van der Waals surface area contributed by atoms with Crippen molar-refractivity contribution in [2.75, 3.05) is 5.32 Å². The fraction of sp³-hybridized carbons (Fsp3) is 0.167. The predicted molar refractivity (Wildman–Crippen MR) is 67.6 cm³/mol. The number of rotatable bonds is 2. The Morgan fingerprint density at radius 2 is 2.18 bits per heavy atom. The van der Waals surface area contributed by atoms with E-state index in [1.807, 2.05) is 12.3 Å². The molecule has 0 radical (unpaired) electrons. The van der Waals surface area contributed by atoms with E-state index in [2.05, 4.69) is 10.3 Å². The molecule has 0 spiro atoms. The van der Waals surface area contributed by atoms with Crippen LogP contribution in [-0.4, -0.2) is 16.0 Å². The molecule has 0 aliphatic carbocycles. The van der Waals surface area contributed by atoms with Crippen LogP contribution in [0.1, 0.15) is 21.6 Å². The molecular weight excluding hydrogens is 236 g/mol. The van der Waals surface area contributed by atoms with Gasteiger partial charge in [0.05, 0.1) is 5.69 Å². The van der Waals surface area contributed by atoms with Crippen LogP contribution >= 0.6 is 11.3 Å². The maximum atomic E-state index is 11.9. The summed E-state index contributed by atoms with van der Waals surface area (Å²) in [5, 5.41) is 14.5. The van der Waals surface area contributed by atoms with E-state index in [4.69, 9.17) is 0 Å². The fourth-order valence-electron chi connectivity index (χ4n) is 1.48. The minimum atomic E-state index is -0.211. The van der Waals surface area contributed by atoms with Crippen LogP contribution in [0.3, 0.4) is 0 Å². The largest absolute Gasteiger partial charge is 0.508 e. The second-order valence-corrected chi connectivity index (χ2v) is 4.61. The topological polar surface area (TPSA) is 62.2 Å². The van der Waals surface area contributed by atoms with Gasteiger partial charge in [0.25, 0.3) is 5.91 Å². The Morgan fingerprint density at radius 3 is 2.76 bits per heavy atom. The maximum absolute atomic E-state index is 11.9. The van der Waals surface area contributed by atoms with Gasteiger partial charge < -0.3 is 5.11 Å². The van der Waals surface area contributed by atoms with Crippen molar-refractivity contribution < 1.29 is 9.90 Å². The van der Waals surface area contributed by atoms with Crippen molar-refractivity contribution >= 4 is 22.4 Å². The second-order valence-electron chi connectivity index (χ2n) is 3.75. The molecule has 0 fully saturated rings. The van der Waals surface area contributed by atoms with Crippen molar-refractivity contribution in [3.05, 3.63) is 40.4 Å². The van der Waals surface area contributed by atoms with Crippen molar-refractivity contribution in [1.29, 1.82) is 0 Å². The number of phenols is 1. The van der Waals surface area contributed by atoms with Crippen molar-refractivity contribution in [3.8, 4) is 5.75 Å². The Kier molecular flexibility index (Phi) is 3.10. The first-order valence-corrected chi connectivity index (χ1v) is 5.97. The van der Waals surface area contributed by atoms with Gasteiger partial charge in [0.1, 0.15) is 5.75 Å². The number of aromatic hydroxyl groups is 1. The molecule has 5 heteroatoms. The van der Waals surface area contributed by atoms with Crippen molar-refractivity contribution in [1.82, 2.24) is 4.98 Å². The quantitative estimate of drug-likeness (QED) is 0.859. The number of aryl methyl sites for hydroxylation is 2. The first kappa shape index (κ1) is 11.6. The lowest BCUT2D eigenvalue weighted by Gasteiger charge is -2.05. The summed E-state index contributed by atoms with van der Waals surface area (Å²) in [4.78, 5) is 16.1. The van der Waals surface area contributed by atoms with E-state index in [0.29, 0.717) is 10.7 Å². The summed E-state index contributed by atoms with van der Waals surface area (Å²) in [5.41, 5.74) is 2.15. The third-order valence-electron chi connectivity index (χ3n) is 2.29. The van der Waals surface area contributed by atoms with Gasteiger partial charge in [-0.3, -0.25) is 10.1 Å². The summed E-state index contributed by atoms with van der Waals surface area (Å²) in [7, 11) is 0. The van der Waals surface area contributed by atoms with Crippen LogP contribution in [0.25, 0.3) is 0 Å². The molecule has 0 atom stereocenters. The zero-order chi connectivity index (χ0) is 12.4. The molecule has 0 aliphatic heterocycles. The number of amides is 1. The molecule has 0 aliphatic rings. The molecule has 1 heterocycles. The van der Waals surface area contributed by atoms with Gasteiger partial charge in [0.2, 0.25) is 0 Å². The van der Waals surface area contributed by atoms with E-state index < -0.39 is 0 Å². The number of benzene rings is 1. The maximum Gasteiger partial charge on any atom is 0.257 e. The van der Waals surface area contributed by atoms with Crippen LogP contribution in [0.4, 0.5) is 5.13 Å². The number of nitrogens with zero attached hydrogens (tertiary/aromatic N) is 1. The summed E-state index contributed by atoms with van der Waals surface area (Å²) < 4.78 is 0. The summed E-state index contributed by atoms with van der Waals surface area (Å²) >= 11 is 1.39. The first-order valence-electron chi connectivity index (χ1n) is 5.09. The summed E-state index contributed by atoms with van der Waals surface area (Å²) in [5.74, 6) is -0.0546.